The van der Waals surface area contributed by atoms with Crippen molar-refractivity contribution in [1.29, 1.82) is 0 Å². The summed E-state index contributed by atoms with van der Waals surface area (Å²) in [5.41, 5.74) is 5.10. The Morgan fingerprint density at radius 2 is 1.92 bits per heavy atom. The average Bonchev–Trinajstić information content (AvgIpc) is 1.79. The van der Waals surface area contributed by atoms with E-state index >= 15 is 0 Å². The van der Waals surface area contributed by atoms with E-state index in [0.29, 0.717) is 0 Å². The summed E-state index contributed by atoms with van der Waals surface area (Å²) in [6.45, 7) is 2.12. The minimum absolute atomic E-state index is 0.220. The SMILES string of the molecule is CC(C)N(CC(F)(F)F)C(N)=S. The predicted octanol–water partition coefficient (Wildman–Crippen LogP) is 1.50. The molecule has 72 valence electrons. The van der Waals surface area contributed by atoms with Crippen LogP contribution in [0.25, 0.3) is 0 Å². The fourth-order valence-corrected chi connectivity index (χ4v) is 0.983. The topological polar surface area (TPSA) is 29.3 Å². The van der Waals surface area contributed by atoms with Crippen molar-refractivity contribution in [2.45, 2.75) is 26.1 Å². The second kappa shape index (κ2) is 3.93. The fourth-order valence-electron chi connectivity index (χ4n) is 0.708. The number of thiocarbonyl (C=S) groups is 1. The zero-order valence-electron chi connectivity index (χ0n) is 6.85. The van der Waals surface area contributed by atoms with Gasteiger partial charge in [0.1, 0.15) is 6.54 Å². The van der Waals surface area contributed by atoms with Crippen LogP contribution < -0.4 is 5.73 Å². The van der Waals surface area contributed by atoms with Gasteiger partial charge in [-0.3, -0.25) is 0 Å². The molecule has 0 atom stereocenters. The van der Waals surface area contributed by atoms with E-state index in [4.69, 9.17) is 5.73 Å². The van der Waals surface area contributed by atoms with Crippen molar-refractivity contribution in [2.24, 2.45) is 5.73 Å². The minimum Gasteiger partial charge on any atom is -0.376 e. The highest BCUT2D eigenvalue weighted by atomic mass is 32.1. The molecule has 0 bridgehead atoms. The van der Waals surface area contributed by atoms with Crippen molar-refractivity contribution in [3.63, 3.8) is 0 Å². The first-order chi connectivity index (χ1) is 5.24. The molecule has 6 heteroatoms. The predicted molar refractivity (Wildman–Crippen MR) is 44.7 cm³/mol. The Kier molecular flexibility index (Phi) is 3.76. The molecule has 0 saturated heterocycles. The van der Waals surface area contributed by atoms with Gasteiger partial charge in [-0.15, -0.1) is 0 Å². The molecule has 0 heterocycles. The first-order valence-corrected chi connectivity index (χ1v) is 3.77. The van der Waals surface area contributed by atoms with Gasteiger partial charge in [-0.05, 0) is 26.1 Å². The Morgan fingerprint density at radius 1 is 1.50 bits per heavy atom. The van der Waals surface area contributed by atoms with E-state index in [1.54, 1.807) is 13.8 Å². The first-order valence-electron chi connectivity index (χ1n) is 3.37. The molecule has 0 aromatic rings. The standard InChI is InChI=1S/C6H11F3N2S/c1-4(2)11(5(10)12)3-6(7,8)9/h4H,3H2,1-2H3,(H2,10,12). The number of hydrogen-bond acceptors (Lipinski definition) is 1. The van der Waals surface area contributed by atoms with Gasteiger partial charge in [-0.2, -0.15) is 13.2 Å². The van der Waals surface area contributed by atoms with Crippen LogP contribution in [-0.2, 0) is 0 Å². The van der Waals surface area contributed by atoms with Crippen LogP contribution in [0, 0.1) is 0 Å². The van der Waals surface area contributed by atoms with Gasteiger partial charge in [0.25, 0.3) is 0 Å². The zero-order valence-corrected chi connectivity index (χ0v) is 7.67. The van der Waals surface area contributed by atoms with Crippen molar-refractivity contribution in [2.75, 3.05) is 6.54 Å². The van der Waals surface area contributed by atoms with Crippen LogP contribution in [0.5, 0.6) is 0 Å². The van der Waals surface area contributed by atoms with Gasteiger partial charge in [-0.25, -0.2) is 0 Å². The monoisotopic (exact) mass is 200 g/mol. The molecule has 2 N–H and O–H groups in total. The average molecular weight is 200 g/mol. The molecule has 12 heavy (non-hydrogen) atoms. The molecule has 0 aliphatic heterocycles. The summed E-state index contributed by atoms with van der Waals surface area (Å²) in [5.74, 6) is 0. The summed E-state index contributed by atoms with van der Waals surface area (Å²) >= 11 is 4.46. The Bertz CT molecular complexity index is 167. The van der Waals surface area contributed by atoms with Crippen LogP contribution in [0.3, 0.4) is 0 Å². The number of alkyl halides is 3. The molecular formula is C6H11F3N2S. The van der Waals surface area contributed by atoms with Gasteiger partial charge in [-0.1, -0.05) is 0 Å². The number of hydrogen-bond donors (Lipinski definition) is 1. The zero-order chi connectivity index (χ0) is 9.94. The van der Waals surface area contributed by atoms with Crippen molar-refractivity contribution >= 4 is 17.3 Å². The summed E-state index contributed by atoms with van der Waals surface area (Å²) in [4.78, 5) is 0.926. The highest BCUT2D eigenvalue weighted by Gasteiger charge is 2.32. The lowest BCUT2D eigenvalue weighted by Crippen LogP contribution is -2.45. The van der Waals surface area contributed by atoms with Gasteiger partial charge >= 0.3 is 6.18 Å². The number of nitrogens with two attached hydrogens (primary N) is 1. The molecule has 0 aromatic carbocycles. The molecule has 0 spiro atoms. The van der Waals surface area contributed by atoms with E-state index in [1.165, 1.54) is 0 Å². The van der Waals surface area contributed by atoms with Gasteiger partial charge in [0.15, 0.2) is 5.11 Å². The Labute approximate surface area is 74.5 Å². The molecular weight excluding hydrogens is 189 g/mol. The van der Waals surface area contributed by atoms with E-state index in [1.807, 2.05) is 0 Å². The highest BCUT2D eigenvalue weighted by Crippen LogP contribution is 2.17. The molecule has 0 fully saturated rings. The third kappa shape index (κ3) is 4.38. The highest BCUT2D eigenvalue weighted by molar-refractivity contribution is 7.80. The lowest BCUT2D eigenvalue weighted by atomic mass is 10.3. The van der Waals surface area contributed by atoms with Crippen LogP contribution >= 0.6 is 12.2 Å². The quantitative estimate of drug-likeness (QED) is 0.685. The van der Waals surface area contributed by atoms with E-state index in [-0.39, 0.29) is 11.2 Å². The Hall–Kier alpha value is -0.520. The second-order valence-corrected chi connectivity index (χ2v) is 3.09. The van der Waals surface area contributed by atoms with Crippen LogP contribution in [-0.4, -0.2) is 28.8 Å². The minimum atomic E-state index is -4.26. The smallest absolute Gasteiger partial charge is 0.376 e. The normalized spacial score (nSPS) is 11.8. The maximum Gasteiger partial charge on any atom is 0.406 e. The molecule has 0 rings (SSSR count). The summed E-state index contributed by atoms with van der Waals surface area (Å²) in [6, 6.07) is -0.330. The molecule has 0 saturated carbocycles. The fraction of sp³-hybridized carbons (Fsp3) is 0.833. The van der Waals surface area contributed by atoms with E-state index < -0.39 is 12.7 Å². The lowest BCUT2D eigenvalue weighted by molar-refractivity contribution is -0.140. The summed E-state index contributed by atoms with van der Waals surface area (Å²) < 4.78 is 35.6. The molecule has 2 nitrogen and oxygen atoms in total. The van der Waals surface area contributed by atoms with Crippen LogP contribution in [0.15, 0.2) is 0 Å². The van der Waals surface area contributed by atoms with E-state index in [2.05, 4.69) is 12.2 Å². The summed E-state index contributed by atoms with van der Waals surface area (Å²) in [7, 11) is 0. The largest absolute Gasteiger partial charge is 0.406 e. The van der Waals surface area contributed by atoms with Gasteiger partial charge in [0, 0.05) is 6.04 Å². The van der Waals surface area contributed by atoms with Gasteiger partial charge in [0.2, 0.25) is 0 Å². The second-order valence-electron chi connectivity index (χ2n) is 2.68. The van der Waals surface area contributed by atoms with Crippen molar-refractivity contribution < 1.29 is 13.2 Å². The van der Waals surface area contributed by atoms with Gasteiger partial charge < -0.3 is 10.6 Å². The number of nitrogens with zero attached hydrogens (tertiary/aromatic N) is 1. The Balaban J connectivity index is 4.25. The van der Waals surface area contributed by atoms with E-state index in [0.717, 1.165) is 4.90 Å². The number of halogens is 3. The third-order valence-corrected chi connectivity index (χ3v) is 1.49. The number of rotatable bonds is 2. The van der Waals surface area contributed by atoms with Crippen LogP contribution in [0.2, 0.25) is 0 Å². The maximum atomic E-state index is 11.9. The van der Waals surface area contributed by atoms with Gasteiger partial charge in [0.05, 0.1) is 0 Å². The molecule has 0 radical (unpaired) electrons. The van der Waals surface area contributed by atoms with Crippen LogP contribution in [0.1, 0.15) is 13.8 Å². The molecule has 0 unspecified atom stereocenters. The third-order valence-electron chi connectivity index (χ3n) is 1.26. The van der Waals surface area contributed by atoms with Crippen molar-refractivity contribution in [3.8, 4) is 0 Å². The summed E-state index contributed by atoms with van der Waals surface area (Å²) in [5, 5.41) is -0.220. The Morgan fingerprint density at radius 3 is 2.00 bits per heavy atom. The van der Waals surface area contributed by atoms with Crippen LogP contribution in [0.4, 0.5) is 13.2 Å². The molecule has 0 aliphatic rings. The molecule has 0 aromatic heterocycles. The van der Waals surface area contributed by atoms with Crippen molar-refractivity contribution in [1.82, 2.24) is 4.90 Å². The molecule has 0 aliphatic carbocycles. The van der Waals surface area contributed by atoms with E-state index in [9.17, 15) is 13.2 Å². The lowest BCUT2D eigenvalue weighted by Gasteiger charge is -2.27. The first kappa shape index (κ1) is 11.5. The molecule has 0 amide bonds. The summed E-state index contributed by atoms with van der Waals surface area (Å²) in [6.07, 6.45) is -4.26. The maximum absolute atomic E-state index is 11.9. The van der Waals surface area contributed by atoms with Crippen molar-refractivity contribution in [3.05, 3.63) is 0 Å².